The van der Waals surface area contributed by atoms with Crippen LogP contribution in [-0.4, -0.2) is 55.3 Å². The number of para-hydroxylation sites is 1. The minimum absolute atomic E-state index is 0.250. The molecule has 0 fully saturated rings. The van der Waals surface area contributed by atoms with E-state index in [4.69, 9.17) is 25.1 Å². The van der Waals surface area contributed by atoms with Crippen molar-refractivity contribution >= 4 is 12.3 Å². The number of ether oxygens (including phenoxy) is 2. The molecule has 1 aliphatic rings. The van der Waals surface area contributed by atoms with Gasteiger partial charge in [0.05, 0.1) is 18.9 Å². The maximum absolute atomic E-state index is 9.64. The first kappa shape index (κ1) is 21.2. The van der Waals surface area contributed by atoms with E-state index in [9.17, 15) is 5.26 Å². The number of hydrogen-bond donors (Lipinski definition) is 2. The average molecular weight is 384 g/mol. The maximum Gasteiger partial charge on any atom is 0.290 e. The highest BCUT2D eigenvalue weighted by molar-refractivity contribution is 5.82. The van der Waals surface area contributed by atoms with Crippen molar-refractivity contribution in [2.24, 2.45) is 0 Å². The van der Waals surface area contributed by atoms with Crippen molar-refractivity contribution < 1.29 is 19.4 Å². The highest BCUT2D eigenvalue weighted by atomic mass is 16.5. The monoisotopic (exact) mass is 384 g/mol. The lowest BCUT2D eigenvalue weighted by Gasteiger charge is -2.22. The highest BCUT2D eigenvalue weighted by Crippen LogP contribution is 2.39. The number of nitriles is 1. The molecule has 3 rings (SSSR count). The summed E-state index contributed by atoms with van der Waals surface area (Å²) in [6.45, 7) is 2.16. The fourth-order valence-electron chi connectivity index (χ4n) is 2.94. The second-order valence-electron chi connectivity index (χ2n) is 6.34. The summed E-state index contributed by atoms with van der Waals surface area (Å²) in [4.78, 5) is 14.8. The van der Waals surface area contributed by atoms with Crippen LogP contribution in [0, 0.1) is 11.3 Å². The first-order valence-electron chi connectivity index (χ1n) is 8.77. The van der Waals surface area contributed by atoms with Crippen LogP contribution in [0.1, 0.15) is 16.8 Å². The Morgan fingerprint density at radius 3 is 2.82 bits per heavy atom. The summed E-state index contributed by atoms with van der Waals surface area (Å²) < 4.78 is 11.6. The van der Waals surface area contributed by atoms with E-state index < -0.39 is 0 Å². The van der Waals surface area contributed by atoms with Gasteiger partial charge in [0.2, 0.25) is 0 Å². The Balaban J connectivity index is 0.000000878. The molecular weight excluding hydrogens is 360 g/mol. The van der Waals surface area contributed by atoms with Crippen LogP contribution in [0.25, 0.3) is 11.1 Å². The van der Waals surface area contributed by atoms with Crippen LogP contribution >= 0.6 is 0 Å². The van der Waals surface area contributed by atoms with E-state index in [1.165, 1.54) is 0 Å². The minimum Gasteiger partial charge on any atom is -0.492 e. The number of nitrogens with two attached hydrogens (primary N) is 1. The largest absolute Gasteiger partial charge is 0.492 e. The van der Waals surface area contributed by atoms with Crippen LogP contribution in [0.4, 0.5) is 5.82 Å². The predicted molar refractivity (Wildman–Crippen MR) is 105 cm³/mol. The Morgan fingerprint density at radius 1 is 1.43 bits per heavy atom. The van der Waals surface area contributed by atoms with Gasteiger partial charge in [-0.25, -0.2) is 4.98 Å². The Hall–Kier alpha value is -3.15. The van der Waals surface area contributed by atoms with Gasteiger partial charge in [0.1, 0.15) is 29.8 Å². The summed E-state index contributed by atoms with van der Waals surface area (Å²) >= 11 is 0. The minimum atomic E-state index is -0.250. The number of nitrogens with zero attached hydrogens (tertiary/aromatic N) is 3. The summed E-state index contributed by atoms with van der Waals surface area (Å²) in [6.07, 6.45) is 0.696. The molecule has 1 aliphatic heterocycles. The second kappa shape index (κ2) is 10.3. The van der Waals surface area contributed by atoms with Crippen molar-refractivity contribution in [2.75, 3.05) is 39.6 Å². The Labute approximate surface area is 164 Å². The molecule has 0 aliphatic carbocycles. The van der Waals surface area contributed by atoms with E-state index in [1.54, 1.807) is 0 Å². The van der Waals surface area contributed by atoms with E-state index in [0.29, 0.717) is 31.8 Å². The molecule has 148 valence electrons. The number of fused-ring (bicyclic) bond motifs is 1. The summed E-state index contributed by atoms with van der Waals surface area (Å²) in [7, 11) is 4.00. The third-order valence-corrected chi connectivity index (χ3v) is 4.21. The molecule has 2 heterocycles. The lowest BCUT2D eigenvalue weighted by Crippen LogP contribution is -2.20. The topological polar surface area (TPSA) is 122 Å². The molecule has 0 saturated heterocycles. The van der Waals surface area contributed by atoms with Gasteiger partial charge in [-0.2, -0.15) is 5.26 Å². The van der Waals surface area contributed by atoms with Gasteiger partial charge < -0.3 is 25.2 Å². The van der Waals surface area contributed by atoms with Crippen molar-refractivity contribution in [3.05, 3.63) is 41.1 Å². The molecule has 0 saturated carbocycles. The number of aromatic nitrogens is 1. The third kappa shape index (κ3) is 4.97. The van der Waals surface area contributed by atoms with Crippen LogP contribution in [-0.2, 0) is 22.6 Å². The molecule has 28 heavy (non-hydrogen) atoms. The van der Waals surface area contributed by atoms with Crippen molar-refractivity contribution in [3.8, 4) is 22.9 Å². The number of nitrogen functional groups attached to an aromatic ring is 1. The number of rotatable bonds is 5. The highest BCUT2D eigenvalue weighted by Gasteiger charge is 2.24. The van der Waals surface area contributed by atoms with Gasteiger partial charge in [-0.05, 0) is 20.2 Å². The molecular formula is C20H24N4O4. The van der Waals surface area contributed by atoms with Crippen LogP contribution in [0.2, 0.25) is 0 Å². The molecule has 0 atom stereocenters. The van der Waals surface area contributed by atoms with Crippen LogP contribution < -0.4 is 10.5 Å². The first-order valence-corrected chi connectivity index (χ1v) is 8.77. The van der Waals surface area contributed by atoms with Gasteiger partial charge in [-0.15, -0.1) is 0 Å². The second-order valence-corrected chi connectivity index (χ2v) is 6.34. The molecule has 0 amide bonds. The molecule has 8 nitrogen and oxygen atoms in total. The van der Waals surface area contributed by atoms with E-state index in [2.05, 4.69) is 16.0 Å². The van der Waals surface area contributed by atoms with Gasteiger partial charge >= 0.3 is 0 Å². The zero-order valence-electron chi connectivity index (χ0n) is 16.0. The van der Waals surface area contributed by atoms with Gasteiger partial charge in [0.15, 0.2) is 0 Å². The van der Waals surface area contributed by atoms with Gasteiger partial charge in [0, 0.05) is 29.7 Å². The summed E-state index contributed by atoms with van der Waals surface area (Å²) in [5, 5.41) is 16.5. The van der Waals surface area contributed by atoms with E-state index in [0.717, 1.165) is 34.7 Å². The molecule has 1 aromatic heterocycles. The summed E-state index contributed by atoms with van der Waals surface area (Å²) in [5.41, 5.74) is 9.92. The quantitative estimate of drug-likeness (QED) is 0.750. The normalized spacial score (nSPS) is 12.4. The van der Waals surface area contributed by atoms with Crippen molar-refractivity contribution in [1.82, 2.24) is 9.88 Å². The standard InChI is InChI=1S/C19H22N4O2.CH2O2/c1-23(2)8-10-25-17-6-4-3-5-13(17)18-14(11-20)19(21)22-16-7-9-24-12-15(16)18;2-1-3/h3-6H,7-10,12H2,1-2H3,(H2,21,22);1H,(H,2,3). The molecule has 0 radical (unpaired) electrons. The Bertz CT molecular complexity index is 862. The van der Waals surface area contributed by atoms with Crippen LogP contribution in [0.3, 0.4) is 0 Å². The average Bonchev–Trinajstić information content (AvgIpc) is 2.68. The van der Waals surface area contributed by atoms with Gasteiger partial charge in [0.25, 0.3) is 6.47 Å². The molecule has 1 aromatic carbocycles. The third-order valence-electron chi connectivity index (χ3n) is 4.21. The maximum atomic E-state index is 9.64. The van der Waals surface area contributed by atoms with Crippen LogP contribution in [0.5, 0.6) is 5.75 Å². The molecule has 8 heteroatoms. The number of carbonyl (C=O) groups is 1. The molecule has 3 N–H and O–H groups in total. The van der Waals surface area contributed by atoms with Crippen molar-refractivity contribution in [3.63, 3.8) is 0 Å². The zero-order chi connectivity index (χ0) is 20.5. The first-order chi connectivity index (χ1) is 13.5. The smallest absolute Gasteiger partial charge is 0.290 e. The summed E-state index contributed by atoms with van der Waals surface area (Å²) in [6, 6.07) is 9.93. The SMILES string of the molecule is CN(C)CCOc1ccccc1-c1c(C#N)c(N)nc2c1COCC2.O=CO. The number of anilines is 1. The fraction of sp³-hybridized carbons (Fsp3) is 0.350. The van der Waals surface area contributed by atoms with E-state index in [1.807, 2.05) is 38.4 Å². The number of hydrogen-bond acceptors (Lipinski definition) is 7. The number of carboxylic acid groups (broad SMARTS) is 1. The van der Waals surface area contributed by atoms with Crippen molar-refractivity contribution in [2.45, 2.75) is 13.0 Å². The van der Waals surface area contributed by atoms with Crippen LogP contribution in [0.15, 0.2) is 24.3 Å². The summed E-state index contributed by atoms with van der Waals surface area (Å²) in [5.74, 6) is 1.00. The molecule has 0 unspecified atom stereocenters. The fourth-order valence-corrected chi connectivity index (χ4v) is 2.94. The predicted octanol–water partition coefficient (Wildman–Crippen LogP) is 1.92. The van der Waals surface area contributed by atoms with E-state index >= 15 is 0 Å². The lowest BCUT2D eigenvalue weighted by atomic mass is 9.92. The molecule has 0 spiro atoms. The molecule has 0 bridgehead atoms. The molecule has 2 aromatic rings. The number of likely N-dealkylation sites (N-methyl/N-ethyl adjacent to an activating group) is 1. The number of benzene rings is 1. The Morgan fingerprint density at radius 2 is 2.14 bits per heavy atom. The number of pyridine rings is 1. The lowest BCUT2D eigenvalue weighted by molar-refractivity contribution is -0.122. The van der Waals surface area contributed by atoms with Crippen molar-refractivity contribution in [1.29, 1.82) is 5.26 Å². The van der Waals surface area contributed by atoms with Gasteiger partial charge in [-0.1, -0.05) is 18.2 Å². The zero-order valence-corrected chi connectivity index (χ0v) is 16.0. The van der Waals surface area contributed by atoms with Gasteiger partial charge in [-0.3, -0.25) is 4.79 Å². The van der Waals surface area contributed by atoms with E-state index in [-0.39, 0.29) is 12.3 Å². The Kier molecular flexibility index (Phi) is 7.75.